The van der Waals surface area contributed by atoms with E-state index in [2.05, 4.69) is 0 Å². The van der Waals surface area contributed by atoms with Crippen molar-refractivity contribution < 1.29 is 48.2 Å². The summed E-state index contributed by atoms with van der Waals surface area (Å²) in [5.41, 5.74) is 2.40. The van der Waals surface area contributed by atoms with Crippen LogP contribution < -0.4 is 23.7 Å². The molecule has 0 spiro atoms. The quantitative estimate of drug-likeness (QED) is 0.109. The number of likely N-dealkylation sites (tertiary alicyclic amines) is 1. The lowest BCUT2D eigenvalue weighted by atomic mass is 9.75. The van der Waals surface area contributed by atoms with Gasteiger partial charge in [0, 0.05) is 19.6 Å². The number of phenols is 1. The minimum absolute atomic E-state index is 0.0166. The molecule has 53 heavy (non-hydrogen) atoms. The Labute approximate surface area is 313 Å². The van der Waals surface area contributed by atoms with Crippen molar-refractivity contribution in [1.82, 2.24) is 4.90 Å². The van der Waals surface area contributed by atoms with E-state index in [1.54, 1.807) is 51.5 Å². The normalized spacial score (nSPS) is 17.4. The van der Waals surface area contributed by atoms with Gasteiger partial charge in [0.1, 0.15) is 17.9 Å². The fourth-order valence-corrected chi connectivity index (χ4v) is 7.76. The van der Waals surface area contributed by atoms with Crippen molar-refractivity contribution in [1.29, 1.82) is 0 Å². The van der Waals surface area contributed by atoms with Gasteiger partial charge in [0.2, 0.25) is 11.7 Å². The van der Waals surface area contributed by atoms with Gasteiger partial charge in [0.05, 0.1) is 41.0 Å². The molecule has 2 aliphatic rings. The Kier molecular flexibility index (Phi) is 14.5. The number of phenolic OH excluding ortho intramolecular Hbond substituents is 1. The number of amides is 1. The summed E-state index contributed by atoms with van der Waals surface area (Å²) in [5, 5.41) is 19.7. The van der Waals surface area contributed by atoms with Crippen molar-refractivity contribution in [3.63, 3.8) is 0 Å². The molecule has 3 aromatic rings. The lowest BCUT2D eigenvalue weighted by molar-refractivity contribution is -0.163. The predicted octanol–water partition coefficient (Wildman–Crippen LogP) is 7.15. The van der Waals surface area contributed by atoms with E-state index < -0.39 is 24.0 Å². The van der Waals surface area contributed by atoms with E-state index >= 15 is 0 Å². The highest BCUT2D eigenvalue weighted by Crippen LogP contribution is 2.45. The number of carbonyl (C=O) groups excluding carboxylic acids is 2. The second kappa shape index (κ2) is 19.4. The first-order valence-corrected chi connectivity index (χ1v) is 18.8. The van der Waals surface area contributed by atoms with Crippen LogP contribution in [0.25, 0.3) is 0 Å². The molecular weight excluding hydrogens is 678 g/mol. The Bertz CT molecular complexity index is 1650. The van der Waals surface area contributed by atoms with Crippen molar-refractivity contribution in [2.75, 3.05) is 48.2 Å². The molecule has 1 saturated heterocycles. The number of nitrogens with zero attached hydrogens (tertiary/aromatic N) is 1. The maximum absolute atomic E-state index is 15.0. The van der Waals surface area contributed by atoms with Crippen molar-refractivity contribution in [3.05, 3.63) is 71.3 Å². The van der Waals surface area contributed by atoms with Gasteiger partial charge in [-0.2, -0.15) is 0 Å². The molecule has 1 aliphatic carbocycles. The molecule has 11 heteroatoms. The Morgan fingerprint density at radius 2 is 1.53 bits per heavy atom. The van der Waals surface area contributed by atoms with Gasteiger partial charge in [0.15, 0.2) is 23.0 Å². The Hall–Kier alpha value is -4.64. The van der Waals surface area contributed by atoms with Gasteiger partial charge >= 0.3 is 5.97 Å². The van der Waals surface area contributed by atoms with Crippen LogP contribution in [0.1, 0.15) is 92.9 Å². The van der Waals surface area contributed by atoms with E-state index in [1.807, 2.05) is 36.4 Å². The average molecular weight is 734 g/mol. The zero-order valence-electron chi connectivity index (χ0n) is 31.5. The summed E-state index contributed by atoms with van der Waals surface area (Å²) < 4.78 is 34.7. The molecule has 1 aliphatic heterocycles. The first kappa shape index (κ1) is 39.6. The highest BCUT2D eigenvalue weighted by atomic mass is 16.5. The summed E-state index contributed by atoms with van der Waals surface area (Å²) in [6.45, 7) is 0.697. The predicted molar refractivity (Wildman–Crippen MR) is 200 cm³/mol. The summed E-state index contributed by atoms with van der Waals surface area (Å²) in [4.78, 5) is 31.0. The van der Waals surface area contributed by atoms with Crippen LogP contribution in [0.2, 0.25) is 0 Å². The van der Waals surface area contributed by atoms with Gasteiger partial charge in [-0.05, 0) is 104 Å². The Morgan fingerprint density at radius 3 is 2.23 bits per heavy atom. The number of aryl methyl sites for hydroxylation is 1. The van der Waals surface area contributed by atoms with Crippen LogP contribution in [0.4, 0.5) is 0 Å². The molecule has 0 unspecified atom stereocenters. The average Bonchev–Trinajstić information content (AvgIpc) is 3.19. The van der Waals surface area contributed by atoms with E-state index in [1.165, 1.54) is 0 Å². The number of aliphatic hydroxyl groups excluding tert-OH is 1. The Balaban J connectivity index is 1.44. The third-order valence-electron chi connectivity index (χ3n) is 10.5. The van der Waals surface area contributed by atoms with Crippen LogP contribution >= 0.6 is 0 Å². The van der Waals surface area contributed by atoms with Crippen LogP contribution in [-0.4, -0.2) is 81.2 Å². The highest BCUT2D eigenvalue weighted by Gasteiger charge is 2.41. The summed E-state index contributed by atoms with van der Waals surface area (Å²) in [6, 6.07) is 15.4. The molecule has 288 valence electrons. The molecule has 3 aromatic carbocycles. The van der Waals surface area contributed by atoms with E-state index in [0.717, 1.165) is 56.1 Å². The molecule has 5 rings (SSSR count). The number of piperidine rings is 1. The zero-order valence-corrected chi connectivity index (χ0v) is 31.5. The molecule has 11 nitrogen and oxygen atoms in total. The lowest BCUT2D eigenvalue weighted by Crippen LogP contribution is -2.51. The van der Waals surface area contributed by atoms with Crippen molar-refractivity contribution in [2.24, 2.45) is 5.92 Å². The summed E-state index contributed by atoms with van der Waals surface area (Å²) in [5.74, 6) is 1.61. The van der Waals surface area contributed by atoms with Crippen LogP contribution in [0.15, 0.2) is 54.6 Å². The topological polar surface area (TPSA) is 133 Å². The molecule has 2 fully saturated rings. The van der Waals surface area contributed by atoms with E-state index in [9.17, 15) is 19.8 Å². The molecule has 3 atom stereocenters. The van der Waals surface area contributed by atoms with Gasteiger partial charge in [-0.3, -0.25) is 4.79 Å². The fraction of sp³-hybridized carbons (Fsp3) is 0.524. The van der Waals surface area contributed by atoms with E-state index in [4.69, 9.17) is 28.4 Å². The molecule has 0 aromatic heterocycles. The van der Waals surface area contributed by atoms with Crippen LogP contribution in [0, 0.1) is 5.92 Å². The summed E-state index contributed by atoms with van der Waals surface area (Å²) in [7, 11) is 6.28. The SMILES string of the molecule is COc1ccc(CC[C@H](OC(=O)[C@H]2CCCCN2C(=O)[C@H](c2cc(OC)c(OC)c(OCCCO)c2)C2CCCCC2)c2cccc(O)c2)cc1OC. The largest absolute Gasteiger partial charge is 0.508 e. The van der Waals surface area contributed by atoms with Crippen molar-refractivity contribution in [2.45, 2.75) is 88.7 Å². The van der Waals surface area contributed by atoms with E-state index in [0.29, 0.717) is 66.5 Å². The highest BCUT2D eigenvalue weighted by molar-refractivity contribution is 5.89. The molecule has 1 heterocycles. The molecule has 1 saturated carbocycles. The number of aromatic hydroxyl groups is 1. The first-order chi connectivity index (χ1) is 25.8. The van der Waals surface area contributed by atoms with Crippen molar-refractivity contribution in [3.8, 4) is 34.5 Å². The van der Waals surface area contributed by atoms with E-state index in [-0.39, 0.29) is 30.8 Å². The van der Waals surface area contributed by atoms with Crippen LogP contribution in [0.5, 0.6) is 34.5 Å². The minimum atomic E-state index is -0.761. The zero-order chi connectivity index (χ0) is 37.7. The number of hydrogen-bond acceptors (Lipinski definition) is 10. The fourth-order valence-electron chi connectivity index (χ4n) is 7.76. The number of carbonyl (C=O) groups is 2. The van der Waals surface area contributed by atoms with Gasteiger partial charge in [-0.15, -0.1) is 0 Å². The molecule has 0 radical (unpaired) electrons. The number of aliphatic hydroxyl groups is 1. The maximum atomic E-state index is 15.0. The second-order valence-corrected chi connectivity index (χ2v) is 13.8. The Morgan fingerprint density at radius 1 is 0.792 bits per heavy atom. The second-order valence-electron chi connectivity index (χ2n) is 13.8. The number of ether oxygens (including phenoxy) is 6. The monoisotopic (exact) mass is 733 g/mol. The smallest absolute Gasteiger partial charge is 0.329 e. The number of rotatable bonds is 17. The van der Waals surface area contributed by atoms with Gasteiger partial charge in [0.25, 0.3) is 0 Å². The van der Waals surface area contributed by atoms with Gasteiger partial charge in [-0.1, -0.05) is 37.5 Å². The van der Waals surface area contributed by atoms with Gasteiger partial charge in [-0.25, -0.2) is 4.79 Å². The molecule has 1 amide bonds. The number of hydrogen-bond donors (Lipinski definition) is 2. The first-order valence-electron chi connectivity index (χ1n) is 18.8. The number of benzene rings is 3. The van der Waals surface area contributed by atoms with Crippen LogP contribution in [-0.2, 0) is 20.7 Å². The lowest BCUT2D eigenvalue weighted by Gasteiger charge is -2.40. The standard InChI is InChI=1S/C42H55NO10/c1-48-35-20-18-28(24-36(35)49-2)17-19-34(30-14-10-15-32(45)25-30)53-42(47)33-16-8-9-21-43(33)41(46)39(29-12-6-5-7-13-29)31-26-37(50-3)40(51-4)38(27-31)52-23-11-22-44/h10,14-15,18,20,24-27,29,33-34,39,44-45H,5-9,11-13,16-17,19,21-23H2,1-4H3/t33-,34+,39+/m1/s1. The third-order valence-corrected chi connectivity index (χ3v) is 10.5. The molecular formula is C42H55NO10. The summed E-state index contributed by atoms with van der Waals surface area (Å²) in [6.07, 6.45) is 7.81. The van der Waals surface area contributed by atoms with Crippen molar-refractivity contribution >= 4 is 11.9 Å². The number of esters is 1. The number of methoxy groups -OCH3 is 4. The van der Waals surface area contributed by atoms with Crippen LogP contribution in [0.3, 0.4) is 0 Å². The molecule has 0 bridgehead atoms. The minimum Gasteiger partial charge on any atom is -0.508 e. The molecule has 2 N–H and O–H groups in total. The van der Waals surface area contributed by atoms with Gasteiger partial charge < -0.3 is 43.5 Å². The maximum Gasteiger partial charge on any atom is 0.329 e. The third kappa shape index (κ3) is 9.87. The summed E-state index contributed by atoms with van der Waals surface area (Å²) >= 11 is 0.